The normalized spacial score (nSPS) is 12.0. The van der Waals surface area contributed by atoms with Gasteiger partial charge in [0.2, 0.25) is 0 Å². The molecular formula is C14H19NO. The van der Waals surface area contributed by atoms with Crippen LogP contribution in [0.1, 0.15) is 32.8 Å². The Morgan fingerprint density at radius 2 is 2.06 bits per heavy atom. The molecule has 0 saturated carbocycles. The second kappa shape index (κ2) is 3.85. The summed E-state index contributed by atoms with van der Waals surface area (Å²) in [6, 6.07) is 6.17. The van der Waals surface area contributed by atoms with Crippen LogP contribution in [0.2, 0.25) is 0 Å². The third-order valence-electron chi connectivity index (χ3n) is 3.50. The Kier molecular flexibility index (Phi) is 2.66. The van der Waals surface area contributed by atoms with Crippen molar-refractivity contribution in [2.45, 2.75) is 32.6 Å². The summed E-state index contributed by atoms with van der Waals surface area (Å²) in [5.41, 5.74) is 2.74. The minimum absolute atomic E-state index is 0.199. The van der Waals surface area contributed by atoms with Crippen LogP contribution in [0.25, 0.3) is 10.9 Å². The number of aromatic nitrogens is 1. The highest BCUT2D eigenvalue weighted by molar-refractivity contribution is 5.85. The Balaban J connectivity index is 2.62. The minimum Gasteiger partial charge on any atom is -0.497 e. The SMILES string of the molecule is CCC(C)(C)c1c[nH]c2ccc(OC)cc12. The number of rotatable bonds is 3. The van der Waals surface area contributed by atoms with Gasteiger partial charge in [0.15, 0.2) is 0 Å². The van der Waals surface area contributed by atoms with Gasteiger partial charge in [-0.1, -0.05) is 20.8 Å². The average molecular weight is 217 g/mol. The molecule has 16 heavy (non-hydrogen) atoms. The average Bonchev–Trinajstić information content (AvgIpc) is 2.72. The van der Waals surface area contributed by atoms with Crippen LogP contribution in [0.5, 0.6) is 5.75 Å². The molecule has 0 saturated heterocycles. The zero-order valence-corrected chi connectivity index (χ0v) is 10.4. The summed E-state index contributed by atoms with van der Waals surface area (Å²) in [7, 11) is 1.71. The molecule has 0 spiro atoms. The zero-order chi connectivity index (χ0) is 11.8. The van der Waals surface area contributed by atoms with E-state index < -0.39 is 0 Å². The molecule has 0 aliphatic heterocycles. The predicted molar refractivity (Wildman–Crippen MR) is 68.2 cm³/mol. The van der Waals surface area contributed by atoms with Crippen molar-refractivity contribution in [3.8, 4) is 5.75 Å². The number of ether oxygens (including phenoxy) is 1. The zero-order valence-electron chi connectivity index (χ0n) is 10.4. The second-order valence-corrected chi connectivity index (χ2v) is 4.85. The number of hydrogen-bond acceptors (Lipinski definition) is 1. The topological polar surface area (TPSA) is 25.0 Å². The van der Waals surface area contributed by atoms with E-state index >= 15 is 0 Å². The smallest absolute Gasteiger partial charge is 0.119 e. The van der Waals surface area contributed by atoms with E-state index in [1.165, 1.54) is 16.5 Å². The Bertz CT molecular complexity index is 496. The van der Waals surface area contributed by atoms with Crippen LogP contribution in [0, 0.1) is 0 Å². The molecule has 0 aliphatic carbocycles. The molecule has 2 rings (SSSR count). The Labute approximate surface area is 96.6 Å². The molecule has 2 aromatic rings. The summed E-state index contributed by atoms with van der Waals surface area (Å²) < 4.78 is 5.28. The van der Waals surface area contributed by atoms with Gasteiger partial charge in [0.1, 0.15) is 5.75 Å². The molecule has 2 nitrogen and oxygen atoms in total. The van der Waals surface area contributed by atoms with Gasteiger partial charge in [-0.2, -0.15) is 0 Å². The van der Waals surface area contributed by atoms with Crippen LogP contribution >= 0.6 is 0 Å². The molecule has 1 heterocycles. The number of hydrogen-bond donors (Lipinski definition) is 1. The number of H-pyrrole nitrogens is 1. The fourth-order valence-corrected chi connectivity index (χ4v) is 1.98. The molecule has 2 heteroatoms. The highest BCUT2D eigenvalue weighted by Crippen LogP contribution is 2.34. The number of aromatic amines is 1. The maximum Gasteiger partial charge on any atom is 0.119 e. The minimum atomic E-state index is 0.199. The van der Waals surface area contributed by atoms with Crippen LogP contribution in [0.3, 0.4) is 0 Å². The maximum atomic E-state index is 5.28. The van der Waals surface area contributed by atoms with Crippen molar-refractivity contribution in [2.75, 3.05) is 7.11 Å². The van der Waals surface area contributed by atoms with E-state index in [0.717, 1.165) is 12.2 Å². The van der Waals surface area contributed by atoms with E-state index in [4.69, 9.17) is 4.74 Å². The molecular weight excluding hydrogens is 198 g/mol. The summed E-state index contributed by atoms with van der Waals surface area (Å²) in [4.78, 5) is 3.32. The van der Waals surface area contributed by atoms with E-state index in [2.05, 4.69) is 44.1 Å². The lowest BCUT2D eigenvalue weighted by Crippen LogP contribution is -2.14. The highest BCUT2D eigenvalue weighted by Gasteiger charge is 2.21. The van der Waals surface area contributed by atoms with Gasteiger partial charge in [0.05, 0.1) is 7.11 Å². The highest BCUT2D eigenvalue weighted by atomic mass is 16.5. The number of benzene rings is 1. The third-order valence-corrected chi connectivity index (χ3v) is 3.50. The predicted octanol–water partition coefficient (Wildman–Crippen LogP) is 3.86. The van der Waals surface area contributed by atoms with Crippen molar-refractivity contribution >= 4 is 10.9 Å². The standard InChI is InChI=1S/C14H19NO/c1-5-14(2,3)12-9-15-13-7-6-10(16-4)8-11(12)13/h6-9,15H,5H2,1-4H3. The molecule has 1 N–H and O–H groups in total. The van der Waals surface area contributed by atoms with Crippen molar-refractivity contribution in [1.29, 1.82) is 0 Å². The van der Waals surface area contributed by atoms with Crippen LogP contribution in [-0.2, 0) is 5.41 Å². The van der Waals surface area contributed by atoms with Gasteiger partial charge >= 0.3 is 0 Å². The van der Waals surface area contributed by atoms with Crippen LogP contribution in [0.15, 0.2) is 24.4 Å². The fourth-order valence-electron chi connectivity index (χ4n) is 1.98. The second-order valence-electron chi connectivity index (χ2n) is 4.85. The molecule has 0 atom stereocenters. The van der Waals surface area contributed by atoms with Crippen molar-refractivity contribution < 1.29 is 4.74 Å². The largest absolute Gasteiger partial charge is 0.497 e. The van der Waals surface area contributed by atoms with Gasteiger partial charge in [-0.3, -0.25) is 0 Å². The molecule has 86 valence electrons. The maximum absolute atomic E-state index is 5.28. The van der Waals surface area contributed by atoms with E-state index in [1.54, 1.807) is 7.11 Å². The fraction of sp³-hybridized carbons (Fsp3) is 0.429. The van der Waals surface area contributed by atoms with Gasteiger partial charge in [-0.05, 0) is 35.6 Å². The first-order chi connectivity index (χ1) is 7.58. The van der Waals surface area contributed by atoms with Crippen molar-refractivity contribution in [3.63, 3.8) is 0 Å². The first-order valence-electron chi connectivity index (χ1n) is 5.74. The Morgan fingerprint density at radius 3 is 2.69 bits per heavy atom. The number of fused-ring (bicyclic) bond motifs is 1. The first-order valence-corrected chi connectivity index (χ1v) is 5.74. The lowest BCUT2D eigenvalue weighted by molar-refractivity contribution is 0.415. The summed E-state index contributed by atoms with van der Waals surface area (Å²) in [6.45, 7) is 6.77. The van der Waals surface area contributed by atoms with Gasteiger partial charge in [0, 0.05) is 17.1 Å². The molecule has 0 bridgehead atoms. The third kappa shape index (κ3) is 1.69. The molecule has 0 aliphatic rings. The number of methoxy groups -OCH3 is 1. The summed E-state index contributed by atoms with van der Waals surface area (Å²) >= 11 is 0. The lowest BCUT2D eigenvalue weighted by Gasteiger charge is -2.22. The Hall–Kier alpha value is -1.44. The monoisotopic (exact) mass is 217 g/mol. The van der Waals surface area contributed by atoms with Gasteiger partial charge in [-0.15, -0.1) is 0 Å². The van der Waals surface area contributed by atoms with E-state index in [-0.39, 0.29) is 5.41 Å². The molecule has 1 aromatic heterocycles. The van der Waals surface area contributed by atoms with Gasteiger partial charge in [-0.25, -0.2) is 0 Å². The lowest BCUT2D eigenvalue weighted by atomic mass is 9.82. The molecule has 0 fully saturated rings. The van der Waals surface area contributed by atoms with Crippen LogP contribution in [-0.4, -0.2) is 12.1 Å². The molecule has 1 aromatic carbocycles. The van der Waals surface area contributed by atoms with E-state index in [9.17, 15) is 0 Å². The van der Waals surface area contributed by atoms with Crippen molar-refractivity contribution in [2.24, 2.45) is 0 Å². The molecule has 0 amide bonds. The van der Waals surface area contributed by atoms with E-state index in [1.807, 2.05) is 6.07 Å². The summed E-state index contributed by atoms with van der Waals surface area (Å²) in [6.07, 6.45) is 3.24. The van der Waals surface area contributed by atoms with Crippen molar-refractivity contribution in [3.05, 3.63) is 30.0 Å². The van der Waals surface area contributed by atoms with Crippen LogP contribution < -0.4 is 4.74 Å². The van der Waals surface area contributed by atoms with Gasteiger partial charge < -0.3 is 9.72 Å². The van der Waals surface area contributed by atoms with Gasteiger partial charge in [0.25, 0.3) is 0 Å². The summed E-state index contributed by atoms with van der Waals surface area (Å²) in [5, 5.41) is 1.27. The van der Waals surface area contributed by atoms with Crippen molar-refractivity contribution in [1.82, 2.24) is 4.98 Å². The summed E-state index contributed by atoms with van der Waals surface area (Å²) in [5.74, 6) is 0.917. The number of nitrogens with one attached hydrogen (secondary N) is 1. The quantitative estimate of drug-likeness (QED) is 0.829. The molecule has 0 radical (unpaired) electrons. The first kappa shape index (κ1) is 11.1. The van der Waals surface area contributed by atoms with E-state index in [0.29, 0.717) is 0 Å². The van der Waals surface area contributed by atoms with Crippen LogP contribution in [0.4, 0.5) is 0 Å². The Morgan fingerprint density at radius 1 is 1.31 bits per heavy atom. The molecule has 0 unspecified atom stereocenters.